The molecule has 0 saturated heterocycles. The Kier molecular flexibility index (Phi) is 3.61. The summed E-state index contributed by atoms with van der Waals surface area (Å²) in [6.45, 7) is -0.116. The molecule has 0 aliphatic carbocycles. The van der Waals surface area contributed by atoms with Crippen LogP contribution in [0.4, 0.5) is 13.2 Å². The Labute approximate surface area is 101 Å². The summed E-state index contributed by atoms with van der Waals surface area (Å²) in [6, 6.07) is 5.87. The van der Waals surface area contributed by atoms with Gasteiger partial charge in [0.05, 0.1) is 6.54 Å². The Bertz CT molecular complexity index is 470. The maximum atomic E-state index is 12.9. The van der Waals surface area contributed by atoms with Gasteiger partial charge in [-0.2, -0.15) is 18.2 Å². The summed E-state index contributed by atoms with van der Waals surface area (Å²) in [7, 11) is 0. The lowest BCUT2D eigenvalue weighted by molar-refractivity contribution is -0.158. The molecule has 0 bridgehead atoms. The van der Waals surface area contributed by atoms with Gasteiger partial charge in [-0.1, -0.05) is 35.5 Å². The standard InChI is InChI=1S/C11H10F3N3O/c12-11(13,14)10(8-4-2-1-3-5-8)15-6-9-16-7-18-17-9/h1-5,7,10,15H,6H2. The van der Waals surface area contributed by atoms with Gasteiger partial charge in [0.15, 0.2) is 5.82 Å². The van der Waals surface area contributed by atoms with Crippen molar-refractivity contribution in [3.8, 4) is 0 Å². The maximum Gasteiger partial charge on any atom is 0.407 e. The van der Waals surface area contributed by atoms with Gasteiger partial charge < -0.3 is 4.52 Å². The van der Waals surface area contributed by atoms with Gasteiger partial charge in [0.2, 0.25) is 6.39 Å². The minimum Gasteiger partial charge on any atom is -0.343 e. The normalized spacial score (nSPS) is 13.5. The highest BCUT2D eigenvalue weighted by Crippen LogP contribution is 2.32. The molecule has 0 aliphatic rings. The fourth-order valence-corrected chi connectivity index (χ4v) is 1.53. The quantitative estimate of drug-likeness (QED) is 0.914. The van der Waals surface area contributed by atoms with Crippen LogP contribution in [0.1, 0.15) is 17.4 Å². The highest BCUT2D eigenvalue weighted by Gasteiger charge is 2.40. The van der Waals surface area contributed by atoms with E-state index in [0.717, 1.165) is 6.39 Å². The lowest BCUT2D eigenvalue weighted by atomic mass is 10.1. The molecular weight excluding hydrogens is 247 g/mol. The Morgan fingerprint density at radius 2 is 1.94 bits per heavy atom. The first-order valence-corrected chi connectivity index (χ1v) is 5.17. The smallest absolute Gasteiger partial charge is 0.343 e. The van der Waals surface area contributed by atoms with Gasteiger partial charge in [-0.3, -0.25) is 5.32 Å². The molecule has 0 fully saturated rings. The molecule has 96 valence electrons. The highest BCUT2D eigenvalue weighted by molar-refractivity contribution is 5.20. The van der Waals surface area contributed by atoms with Crippen molar-refractivity contribution in [3.05, 3.63) is 48.1 Å². The van der Waals surface area contributed by atoms with Gasteiger partial charge in [0.25, 0.3) is 0 Å². The minimum absolute atomic E-state index is 0.116. The molecule has 0 saturated carbocycles. The number of nitrogens with zero attached hydrogens (tertiary/aromatic N) is 2. The van der Waals surface area contributed by atoms with E-state index < -0.39 is 12.2 Å². The summed E-state index contributed by atoms with van der Waals surface area (Å²) in [6.07, 6.45) is -3.31. The van der Waals surface area contributed by atoms with Crippen LogP contribution in [-0.4, -0.2) is 16.3 Å². The van der Waals surface area contributed by atoms with E-state index in [9.17, 15) is 13.2 Å². The molecule has 18 heavy (non-hydrogen) atoms. The van der Waals surface area contributed by atoms with Crippen molar-refractivity contribution in [1.29, 1.82) is 0 Å². The topological polar surface area (TPSA) is 51.0 Å². The predicted octanol–water partition coefficient (Wildman–Crippen LogP) is 2.46. The van der Waals surface area contributed by atoms with Crippen molar-refractivity contribution >= 4 is 0 Å². The minimum atomic E-state index is -4.38. The highest BCUT2D eigenvalue weighted by atomic mass is 19.4. The summed E-state index contributed by atoms with van der Waals surface area (Å²) in [5, 5.41) is 5.82. The van der Waals surface area contributed by atoms with Crippen LogP contribution in [-0.2, 0) is 6.54 Å². The zero-order valence-electron chi connectivity index (χ0n) is 9.19. The molecule has 0 spiro atoms. The molecule has 1 atom stereocenters. The predicted molar refractivity (Wildman–Crippen MR) is 56.4 cm³/mol. The fourth-order valence-electron chi connectivity index (χ4n) is 1.53. The van der Waals surface area contributed by atoms with Crippen molar-refractivity contribution < 1.29 is 17.7 Å². The summed E-state index contributed by atoms with van der Waals surface area (Å²) < 4.78 is 43.2. The van der Waals surface area contributed by atoms with Crippen molar-refractivity contribution in [2.75, 3.05) is 0 Å². The molecule has 7 heteroatoms. The number of halogens is 3. The van der Waals surface area contributed by atoms with Crippen LogP contribution < -0.4 is 5.32 Å². The summed E-state index contributed by atoms with van der Waals surface area (Å²) in [4.78, 5) is 3.66. The van der Waals surface area contributed by atoms with Gasteiger partial charge in [-0.05, 0) is 5.56 Å². The van der Waals surface area contributed by atoms with Gasteiger partial charge in [0.1, 0.15) is 6.04 Å². The SMILES string of the molecule is FC(F)(F)C(NCc1ncon1)c1ccccc1. The average molecular weight is 257 g/mol. The lowest BCUT2D eigenvalue weighted by Gasteiger charge is -2.21. The number of aromatic nitrogens is 2. The van der Waals surface area contributed by atoms with E-state index in [1.807, 2.05) is 0 Å². The number of nitrogens with one attached hydrogen (secondary N) is 1. The van der Waals surface area contributed by atoms with E-state index in [4.69, 9.17) is 0 Å². The van der Waals surface area contributed by atoms with Crippen molar-refractivity contribution in [2.24, 2.45) is 0 Å². The molecule has 1 aromatic heterocycles. The zero-order chi connectivity index (χ0) is 13.0. The number of rotatable bonds is 4. The molecule has 0 aliphatic heterocycles. The summed E-state index contributed by atoms with van der Waals surface area (Å²) >= 11 is 0. The lowest BCUT2D eigenvalue weighted by Crippen LogP contribution is -2.34. The third-order valence-electron chi connectivity index (χ3n) is 2.33. The molecular formula is C11H10F3N3O. The van der Waals surface area contributed by atoms with Crippen LogP contribution in [0.25, 0.3) is 0 Å². The Hall–Kier alpha value is -1.89. The van der Waals surface area contributed by atoms with Crippen molar-refractivity contribution in [2.45, 2.75) is 18.8 Å². The Balaban J connectivity index is 2.12. The largest absolute Gasteiger partial charge is 0.407 e. The van der Waals surface area contributed by atoms with Gasteiger partial charge in [-0.25, -0.2) is 0 Å². The Morgan fingerprint density at radius 3 is 2.50 bits per heavy atom. The first-order valence-electron chi connectivity index (χ1n) is 5.17. The molecule has 2 rings (SSSR count). The molecule has 1 unspecified atom stereocenters. The third kappa shape index (κ3) is 3.07. The van der Waals surface area contributed by atoms with Crippen molar-refractivity contribution in [3.63, 3.8) is 0 Å². The molecule has 0 amide bonds. The third-order valence-corrected chi connectivity index (χ3v) is 2.33. The second kappa shape index (κ2) is 5.18. The van der Waals surface area contributed by atoms with Crippen molar-refractivity contribution in [1.82, 2.24) is 15.5 Å². The number of hydrogen-bond donors (Lipinski definition) is 1. The van der Waals surface area contributed by atoms with E-state index in [0.29, 0.717) is 0 Å². The Morgan fingerprint density at radius 1 is 1.22 bits per heavy atom. The average Bonchev–Trinajstić information content (AvgIpc) is 2.82. The van der Waals surface area contributed by atoms with E-state index in [-0.39, 0.29) is 17.9 Å². The molecule has 1 N–H and O–H groups in total. The summed E-state index contributed by atoms with van der Waals surface area (Å²) in [5.74, 6) is 0.181. The van der Waals surface area contributed by atoms with E-state index in [1.54, 1.807) is 18.2 Å². The van der Waals surface area contributed by atoms with E-state index in [1.165, 1.54) is 12.1 Å². The number of benzene rings is 1. The van der Waals surface area contributed by atoms with E-state index in [2.05, 4.69) is 20.0 Å². The van der Waals surface area contributed by atoms with Crippen LogP contribution in [0.5, 0.6) is 0 Å². The molecule has 0 radical (unpaired) electrons. The van der Waals surface area contributed by atoms with Crippen LogP contribution >= 0.6 is 0 Å². The molecule has 2 aromatic rings. The fraction of sp³-hybridized carbons (Fsp3) is 0.273. The van der Waals surface area contributed by atoms with Gasteiger partial charge >= 0.3 is 6.18 Å². The first-order chi connectivity index (χ1) is 8.57. The number of alkyl halides is 3. The molecule has 1 aromatic carbocycles. The second-order valence-electron chi connectivity index (χ2n) is 3.61. The van der Waals surface area contributed by atoms with Crippen LogP contribution in [0.2, 0.25) is 0 Å². The number of hydrogen-bond acceptors (Lipinski definition) is 4. The van der Waals surface area contributed by atoms with Gasteiger partial charge in [0, 0.05) is 0 Å². The maximum absolute atomic E-state index is 12.9. The zero-order valence-corrected chi connectivity index (χ0v) is 9.19. The monoisotopic (exact) mass is 257 g/mol. The molecule has 1 heterocycles. The first kappa shape index (κ1) is 12.6. The van der Waals surface area contributed by atoms with Crippen LogP contribution in [0.15, 0.2) is 41.2 Å². The van der Waals surface area contributed by atoms with Crippen LogP contribution in [0.3, 0.4) is 0 Å². The van der Waals surface area contributed by atoms with E-state index >= 15 is 0 Å². The second-order valence-corrected chi connectivity index (χ2v) is 3.61. The molecule has 4 nitrogen and oxygen atoms in total. The van der Waals surface area contributed by atoms with Crippen LogP contribution in [0, 0.1) is 0 Å². The summed E-state index contributed by atoms with van der Waals surface area (Å²) in [5.41, 5.74) is 0.147. The van der Waals surface area contributed by atoms with Gasteiger partial charge in [-0.15, -0.1) is 0 Å².